The number of hydrogen-bond donors (Lipinski definition) is 7. The Balaban J connectivity index is 4.75. The van der Waals surface area contributed by atoms with Crippen LogP contribution < -0.4 is 33.4 Å². The summed E-state index contributed by atoms with van der Waals surface area (Å²) in [4.78, 5) is 30.3. The van der Waals surface area contributed by atoms with E-state index in [1.165, 1.54) is 0 Å². The minimum atomic E-state index is -0.932. The van der Waals surface area contributed by atoms with Gasteiger partial charge < -0.3 is 26.9 Å². The topological polar surface area (TPSA) is 170 Å². The zero-order chi connectivity index (χ0) is 25.8. The summed E-state index contributed by atoms with van der Waals surface area (Å²) in [6.45, 7) is 5.87. The number of aliphatic imine (C=N–C) groups is 1. The van der Waals surface area contributed by atoms with E-state index >= 15 is 0 Å². The summed E-state index contributed by atoms with van der Waals surface area (Å²) in [6, 6.07) is -1.11. The first kappa shape index (κ1) is 32.8. The van der Waals surface area contributed by atoms with E-state index in [1.807, 2.05) is 0 Å². The summed E-state index contributed by atoms with van der Waals surface area (Å²) < 4.78 is 5.02. The third-order valence-corrected chi connectivity index (χ3v) is 5.86. The lowest BCUT2D eigenvalue weighted by atomic mass is 9.89. The van der Waals surface area contributed by atoms with E-state index in [1.54, 1.807) is 21.0 Å². The van der Waals surface area contributed by atoms with Gasteiger partial charge in [-0.15, -0.1) is 0 Å². The molecule has 0 aliphatic heterocycles. The Morgan fingerprint density at radius 2 is 1.79 bits per heavy atom. The number of nitrogens with two attached hydrogens (primary N) is 3. The number of carbonyl (C=O) groups excluding carboxylic acids is 2. The normalized spacial score (nSPS) is 14.0. The zero-order valence-corrected chi connectivity index (χ0v) is 22.3. The van der Waals surface area contributed by atoms with Gasteiger partial charge in [0.25, 0.3) is 0 Å². The van der Waals surface area contributed by atoms with Gasteiger partial charge in [0, 0.05) is 33.2 Å². The van der Waals surface area contributed by atoms with E-state index < -0.39 is 17.6 Å². The van der Waals surface area contributed by atoms with Gasteiger partial charge in [0.05, 0.1) is 17.6 Å². The van der Waals surface area contributed by atoms with E-state index in [4.69, 9.17) is 22.0 Å². The molecule has 0 saturated carbocycles. The van der Waals surface area contributed by atoms with Crippen molar-refractivity contribution in [2.75, 3.05) is 39.1 Å². The van der Waals surface area contributed by atoms with Gasteiger partial charge in [-0.2, -0.15) is 12.6 Å². The predicted molar refractivity (Wildman–Crippen MR) is 143 cm³/mol. The molecule has 2 unspecified atom stereocenters. The molecule has 0 heterocycles. The second kappa shape index (κ2) is 20.0. The van der Waals surface area contributed by atoms with Crippen LogP contribution >= 0.6 is 12.6 Å². The van der Waals surface area contributed by atoms with Gasteiger partial charge in [-0.05, 0) is 71.1 Å². The fraction of sp³-hybridized carbons (Fsp3) is 0.870. The molecule has 0 fully saturated rings. The summed E-state index contributed by atoms with van der Waals surface area (Å²) >= 11 is 4.19. The van der Waals surface area contributed by atoms with Crippen LogP contribution in [0.5, 0.6) is 0 Å². The maximum Gasteiger partial charge on any atom is 0.237 e. The molecule has 0 saturated heterocycles. The molecule has 0 aliphatic carbocycles. The maximum atomic E-state index is 13.1. The number of amides is 1. The van der Waals surface area contributed by atoms with Crippen LogP contribution in [0.4, 0.5) is 0 Å². The van der Waals surface area contributed by atoms with Crippen LogP contribution in [0.1, 0.15) is 71.6 Å². The molecule has 10 nitrogen and oxygen atoms in total. The number of methoxy groups -OCH3 is 1. The van der Waals surface area contributed by atoms with E-state index in [-0.39, 0.29) is 11.7 Å². The Morgan fingerprint density at radius 1 is 1.09 bits per heavy atom. The Labute approximate surface area is 211 Å². The number of nitrogens with one attached hydrogen (secondary N) is 3. The summed E-state index contributed by atoms with van der Waals surface area (Å²) in [7, 11) is 1.63. The van der Waals surface area contributed by atoms with Gasteiger partial charge in [0.1, 0.15) is 5.84 Å². The second-order valence-electron chi connectivity index (χ2n) is 9.01. The quantitative estimate of drug-likeness (QED) is 0.0299. The lowest BCUT2D eigenvalue weighted by Gasteiger charge is -2.32. The fourth-order valence-electron chi connectivity index (χ4n) is 3.55. The monoisotopic (exact) mass is 503 g/mol. The molecule has 0 bridgehead atoms. The number of hydrazine groups is 1. The molecule has 200 valence electrons. The SMILES string of the molecule is COCCCNC(=O)C(CCCCN)NC(C)(C)C(=O)C(N)CCCCN=C(CCCS)NN. The fourth-order valence-corrected chi connectivity index (χ4v) is 3.71. The minimum absolute atomic E-state index is 0.106. The Morgan fingerprint density at radius 3 is 2.41 bits per heavy atom. The molecule has 0 aromatic heterocycles. The molecule has 0 radical (unpaired) electrons. The van der Waals surface area contributed by atoms with Gasteiger partial charge in [0.2, 0.25) is 5.91 Å². The van der Waals surface area contributed by atoms with Gasteiger partial charge in [-0.1, -0.05) is 6.42 Å². The molecular weight excluding hydrogens is 454 g/mol. The highest BCUT2D eigenvalue weighted by Crippen LogP contribution is 2.14. The third kappa shape index (κ3) is 14.9. The van der Waals surface area contributed by atoms with Crippen LogP contribution in [-0.4, -0.2) is 74.3 Å². The smallest absolute Gasteiger partial charge is 0.237 e. The summed E-state index contributed by atoms with van der Waals surface area (Å²) in [5, 5.41) is 6.18. The van der Waals surface area contributed by atoms with E-state index in [0.29, 0.717) is 39.1 Å². The molecule has 0 aromatic carbocycles. The van der Waals surface area contributed by atoms with Crippen molar-refractivity contribution >= 4 is 30.2 Å². The second-order valence-corrected chi connectivity index (χ2v) is 9.46. The number of unbranched alkanes of at least 4 members (excludes halogenated alkanes) is 2. The van der Waals surface area contributed by atoms with Crippen molar-refractivity contribution in [3.63, 3.8) is 0 Å². The van der Waals surface area contributed by atoms with Gasteiger partial charge in [-0.3, -0.25) is 19.9 Å². The summed E-state index contributed by atoms with van der Waals surface area (Å²) in [5.41, 5.74) is 13.5. The molecule has 1 amide bonds. The van der Waals surface area contributed by atoms with Crippen LogP contribution in [-0.2, 0) is 14.3 Å². The maximum absolute atomic E-state index is 13.1. The Bertz CT molecular complexity index is 591. The predicted octanol–water partition coefficient (Wildman–Crippen LogP) is 0.643. The molecule has 0 aromatic rings. The van der Waals surface area contributed by atoms with Gasteiger partial charge in [0.15, 0.2) is 5.78 Å². The van der Waals surface area contributed by atoms with Crippen LogP contribution in [0.25, 0.3) is 0 Å². The Hall–Kier alpha value is -1.24. The van der Waals surface area contributed by atoms with Crippen molar-refractivity contribution in [1.29, 1.82) is 0 Å². The number of hydrogen-bond acceptors (Lipinski definition) is 9. The molecule has 0 aliphatic rings. The zero-order valence-electron chi connectivity index (χ0n) is 21.4. The lowest BCUT2D eigenvalue weighted by Crippen LogP contribution is -2.60. The van der Waals surface area contributed by atoms with Crippen LogP contribution in [0, 0.1) is 0 Å². The number of ether oxygens (including phenoxy) is 1. The van der Waals surface area contributed by atoms with Crippen LogP contribution in [0.15, 0.2) is 4.99 Å². The van der Waals surface area contributed by atoms with Crippen molar-refractivity contribution in [3.8, 4) is 0 Å². The lowest BCUT2D eigenvalue weighted by molar-refractivity contribution is -0.128. The third-order valence-electron chi connectivity index (χ3n) is 5.54. The molecule has 34 heavy (non-hydrogen) atoms. The van der Waals surface area contributed by atoms with Crippen molar-refractivity contribution < 1.29 is 14.3 Å². The molecule has 0 spiro atoms. The van der Waals surface area contributed by atoms with E-state index in [2.05, 4.69) is 33.7 Å². The average molecular weight is 504 g/mol. The van der Waals surface area contributed by atoms with Gasteiger partial charge >= 0.3 is 0 Å². The highest BCUT2D eigenvalue weighted by molar-refractivity contribution is 7.80. The average Bonchev–Trinajstić information content (AvgIpc) is 2.82. The number of nitrogens with zero attached hydrogens (tertiary/aromatic N) is 1. The van der Waals surface area contributed by atoms with Crippen LogP contribution in [0.3, 0.4) is 0 Å². The minimum Gasteiger partial charge on any atom is -0.385 e. The summed E-state index contributed by atoms with van der Waals surface area (Å²) in [5.74, 6) is 6.80. The van der Waals surface area contributed by atoms with E-state index in [0.717, 1.165) is 56.5 Å². The van der Waals surface area contributed by atoms with Gasteiger partial charge in [-0.25, -0.2) is 5.84 Å². The molecule has 9 N–H and O–H groups in total. The number of amidine groups is 1. The molecule has 0 rings (SSSR count). The van der Waals surface area contributed by atoms with Crippen molar-refractivity contribution in [2.24, 2.45) is 22.3 Å². The molecule has 2 atom stereocenters. The highest BCUT2D eigenvalue weighted by atomic mass is 32.1. The Kier molecular flexibility index (Phi) is 19.3. The van der Waals surface area contributed by atoms with E-state index in [9.17, 15) is 9.59 Å². The molecular formula is C23H49N7O3S. The number of rotatable bonds is 21. The standard InChI is InChI=1S/C23H49N7O3S/c1-23(2,29-19(11-4-6-13-24)22(32)28-15-9-16-33-3)21(31)18(25)10-5-7-14-27-20(30-26)12-8-17-34/h18-19,29,34H,4-17,24-26H2,1-3H3,(H,27,30)(H,28,32). The molecule has 11 heteroatoms. The number of Topliss-reactive ketones (excluding diaryl/α,β-unsaturated/α-hetero) is 1. The number of ketones is 1. The van der Waals surface area contributed by atoms with Crippen molar-refractivity contribution in [1.82, 2.24) is 16.1 Å². The van der Waals surface area contributed by atoms with Crippen LogP contribution in [0.2, 0.25) is 0 Å². The number of thiol groups is 1. The van der Waals surface area contributed by atoms with Crippen molar-refractivity contribution in [3.05, 3.63) is 0 Å². The first-order chi connectivity index (χ1) is 16.2. The summed E-state index contributed by atoms with van der Waals surface area (Å²) in [6.07, 6.45) is 6.77. The first-order valence-corrected chi connectivity index (χ1v) is 13.0. The number of carbonyl (C=O) groups is 2. The highest BCUT2D eigenvalue weighted by Gasteiger charge is 2.35. The van der Waals surface area contributed by atoms with Crippen molar-refractivity contribution in [2.45, 2.75) is 89.3 Å². The first-order valence-electron chi connectivity index (χ1n) is 12.4. The largest absolute Gasteiger partial charge is 0.385 e.